The smallest absolute Gasteiger partial charge is 0.253 e. The summed E-state index contributed by atoms with van der Waals surface area (Å²) in [5, 5.41) is 7.25. The number of amides is 1. The Morgan fingerprint density at radius 3 is 2.81 bits per heavy atom. The number of nitrogens with one attached hydrogen (secondary N) is 2. The molecular formula is C15H20ClN3O2. The first kappa shape index (κ1) is 14.8. The number of nitrogens with zero attached hydrogens (tertiary/aromatic N) is 1. The van der Waals surface area contributed by atoms with E-state index in [9.17, 15) is 4.79 Å². The van der Waals surface area contributed by atoms with Crippen LogP contribution in [-0.4, -0.2) is 56.2 Å². The summed E-state index contributed by atoms with van der Waals surface area (Å²) in [6.45, 7) is 4.16. The highest BCUT2D eigenvalue weighted by molar-refractivity contribution is 6.31. The fraction of sp³-hybridized carbons (Fsp3) is 0.533. The van der Waals surface area contributed by atoms with Crippen LogP contribution >= 0.6 is 11.6 Å². The van der Waals surface area contributed by atoms with Gasteiger partial charge in [-0.05, 0) is 11.6 Å². The summed E-state index contributed by atoms with van der Waals surface area (Å²) < 4.78 is 5.60. The molecule has 2 atom stereocenters. The summed E-state index contributed by atoms with van der Waals surface area (Å²) >= 11 is 6.30. The van der Waals surface area contributed by atoms with Crippen LogP contribution in [0.1, 0.15) is 11.6 Å². The molecule has 0 aliphatic carbocycles. The van der Waals surface area contributed by atoms with Crippen LogP contribution in [0.5, 0.6) is 0 Å². The third-order valence-electron chi connectivity index (χ3n) is 3.99. The second kappa shape index (κ2) is 6.75. The number of halogens is 1. The molecule has 2 fully saturated rings. The Balaban J connectivity index is 1.81. The highest BCUT2D eigenvalue weighted by atomic mass is 35.5. The monoisotopic (exact) mass is 309 g/mol. The maximum absolute atomic E-state index is 12.7. The number of ether oxygens (including phenoxy) is 1. The lowest BCUT2D eigenvalue weighted by molar-refractivity contribution is -0.148. The average Bonchev–Trinajstić information content (AvgIpc) is 2.55. The van der Waals surface area contributed by atoms with Crippen LogP contribution < -0.4 is 10.6 Å². The average molecular weight is 310 g/mol. The van der Waals surface area contributed by atoms with Gasteiger partial charge in [-0.25, -0.2) is 0 Å². The molecule has 2 aliphatic rings. The van der Waals surface area contributed by atoms with Crippen molar-refractivity contribution in [3.63, 3.8) is 0 Å². The third kappa shape index (κ3) is 3.21. The maximum atomic E-state index is 12.7. The highest BCUT2D eigenvalue weighted by Crippen LogP contribution is 2.29. The van der Waals surface area contributed by atoms with E-state index in [1.807, 2.05) is 29.2 Å². The molecule has 2 aliphatic heterocycles. The van der Waals surface area contributed by atoms with Crippen LogP contribution in [0.3, 0.4) is 0 Å². The molecule has 0 spiro atoms. The number of hydrogen-bond donors (Lipinski definition) is 2. The second-order valence-corrected chi connectivity index (χ2v) is 5.74. The predicted octanol–water partition coefficient (Wildman–Crippen LogP) is 0.801. The van der Waals surface area contributed by atoms with Gasteiger partial charge in [-0.2, -0.15) is 0 Å². The number of morpholine rings is 1. The standard InChI is InChI=1S/C15H20ClN3O2/c16-12-4-2-1-3-11(12)13-9-17-5-7-19(13)15(20)14-10-18-6-8-21-14/h1-4,13-14,17-18H,5-10H2. The molecule has 2 N–H and O–H groups in total. The van der Waals surface area contributed by atoms with Crippen molar-refractivity contribution in [1.29, 1.82) is 0 Å². The van der Waals surface area contributed by atoms with Gasteiger partial charge in [0.2, 0.25) is 0 Å². The number of rotatable bonds is 2. The van der Waals surface area contributed by atoms with E-state index in [1.165, 1.54) is 0 Å². The van der Waals surface area contributed by atoms with Gasteiger partial charge in [0.15, 0.2) is 0 Å². The normalized spacial score (nSPS) is 26.6. The molecule has 114 valence electrons. The van der Waals surface area contributed by atoms with E-state index in [1.54, 1.807) is 0 Å². The number of carbonyl (C=O) groups excluding carboxylic acids is 1. The van der Waals surface area contributed by atoms with Gasteiger partial charge in [0.1, 0.15) is 6.10 Å². The molecule has 3 rings (SSSR count). The lowest BCUT2D eigenvalue weighted by atomic mass is 10.0. The molecule has 21 heavy (non-hydrogen) atoms. The Bertz CT molecular complexity index is 505. The highest BCUT2D eigenvalue weighted by Gasteiger charge is 2.34. The van der Waals surface area contributed by atoms with E-state index in [-0.39, 0.29) is 18.1 Å². The zero-order valence-electron chi connectivity index (χ0n) is 11.8. The molecular weight excluding hydrogens is 290 g/mol. The van der Waals surface area contributed by atoms with Crippen molar-refractivity contribution in [3.05, 3.63) is 34.9 Å². The molecule has 2 unspecified atom stereocenters. The van der Waals surface area contributed by atoms with E-state index < -0.39 is 0 Å². The van der Waals surface area contributed by atoms with E-state index in [0.29, 0.717) is 24.7 Å². The number of hydrogen-bond acceptors (Lipinski definition) is 4. The van der Waals surface area contributed by atoms with Crippen LogP contribution in [0.2, 0.25) is 5.02 Å². The lowest BCUT2D eigenvalue weighted by Gasteiger charge is -2.39. The molecule has 2 heterocycles. The first-order valence-electron chi connectivity index (χ1n) is 7.35. The van der Waals surface area contributed by atoms with Crippen molar-refractivity contribution in [2.75, 3.05) is 39.3 Å². The predicted molar refractivity (Wildman–Crippen MR) is 81.4 cm³/mol. The van der Waals surface area contributed by atoms with E-state index in [0.717, 1.165) is 25.2 Å². The summed E-state index contributed by atoms with van der Waals surface area (Å²) in [7, 11) is 0. The molecule has 0 radical (unpaired) electrons. The van der Waals surface area contributed by atoms with E-state index in [4.69, 9.17) is 16.3 Å². The zero-order chi connectivity index (χ0) is 14.7. The molecule has 0 aromatic heterocycles. The first-order valence-corrected chi connectivity index (χ1v) is 7.73. The van der Waals surface area contributed by atoms with Crippen LogP contribution in [0.15, 0.2) is 24.3 Å². The van der Waals surface area contributed by atoms with Crippen LogP contribution in [0.25, 0.3) is 0 Å². The molecule has 2 saturated heterocycles. The summed E-state index contributed by atoms with van der Waals surface area (Å²) in [5.74, 6) is 0.0496. The van der Waals surface area contributed by atoms with Crippen molar-refractivity contribution in [3.8, 4) is 0 Å². The number of carbonyl (C=O) groups is 1. The van der Waals surface area contributed by atoms with E-state index in [2.05, 4.69) is 10.6 Å². The molecule has 1 aromatic rings. The van der Waals surface area contributed by atoms with Crippen LogP contribution in [-0.2, 0) is 9.53 Å². The molecule has 0 bridgehead atoms. The van der Waals surface area contributed by atoms with Gasteiger partial charge in [0.05, 0.1) is 12.6 Å². The summed E-state index contributed by atoms with van der Waals surface area (Å²) in [6.07, 6.45) is -0.387. The molecule has 1 amide bonds. The Labute approximate surface area is 129 Å². The van der Waals surface area contributed by atoms with Crippen molar-refractivity contribution < 1.29 is 9.53 Å². The van der Waals surface area contributed by atoms with Gasteiger partial charge >= 0.3 is 0 Å². The van der Waals surface area contributed by atoms with Crippen molar-refractivity contribution in [1.82, 2.24) is 15.5 Å². The largest absolute Gasteiger partial charge is 0.366 e. The third-order valence-corrected chi connectivity index (χ3v) is 4.34. The summed E-state index contributed by atoms with van der Waals surface area (Å²) in [4.78, 5) is 14.6. The Morgan fingerprint density at radius 1 is 1.24 bits per heavy atom. The van der Waals surface area contributed by atoms with Crippen molar-refractivity contribution in [2.24, 2.45) is 0 Å². The maximum Gasteiger partial charge on any atom is 0.253 e. The Morgan fingerprint density at radius 2 is 2.05 bits per heavy atom. The Kier molecular flexibility index (Phi) is 4.75. The minimum Gasteiger partial charge on any atom is -0.366 e. The summed E-state index contributed by atoms with van der Waals surface area (Å²) in [6, 6.07) is 7.68. The van der Waals surface area contributed by atoms with Gasteiger partial charge in [-0.1, -0.05) is 29.8 Å². The lowest BCUT2D eigenvalue weighted by Crippen LogP contribution is -2.55. The topological polar surface area (TPSA) is 53.6 Å². The fourth-order valence-electron chi connectivity index (χ4n) is 2.90. The molecule has 5 nitrogen and oxygen atoms in total. The minimum atomic E-state index is -0.387. The SMILES string of the molecule is O=C(C1CNCCO1)N1CCNCC1c1ccccc1Cl. The number of piperazine rings is 1. The molecule has 1 aromatic carbocycles. The quantitative estimate of drug-likeness (QED) is 0.848. The van der Waals surface area contributed by atoms with Gasteiger partial charge < -0.3 is 20.3 Å². The fourth-order valence-corrected chi connectivity index (χ4v) is 3.16. The van der Waals surface area contributed by atoms with Crippen LogP contribution in [0, 0.1) is 0 Å². The first-order chi connectivity index (χ1) is 10.3. The van der Waals surface area contributed by atoms with Crippen molar-refractivity contribution >= 4 is 17.5 Å². The number of benzene rings is 1. The molecule has 6 heteroatoms. The zero-order valence-corrected chi connectivity index (χ0v) is 12.6. The second-order valence-electron chi connectivity index (χ2n) is 5.34. The van der Waals surface area contributed by atoms with Crippen molar-refractivity contribution in [2.45, 2.75) is 12.1 Å². The van der Waals surface area contributed by atoms with Crippen LogP contribution in [0.4, 0.5) is 0 Å². The minimum absolute atomic E-state index is 0.0366. The van der Waals surface area contributed by atoms with Gasteiger partial charge in [0.25, 0.3) is 5.91 Å². The van der Waals surface area contributed by atoms with E-state index >= 15 is 0 Å². The van der Waals surface area contributed by atoms with Gasteiger partial charge in [0, 0.05) is 37.7 Å². The van der Waals surface area contributed by atoms with Gasteiger partial charge in [-0.3, -0.25) is 4.79 Å². The summed E-state index contributed by atoms with van der Waals surface area (Å²) in [5.41, 5.74) is 0.989. The molecule has 0 saturated carbocycles. The van der Waals surface area contributed by atoms with Gasteiger partial charge in [-0.15, -0.1) is 0 Å². The Hall–Kier alpha value is -1.14.